The van der Waals surface area contributed by atoms with Crippen LogP contribution in [0.4, 0.5) is 0 Å². The Morgan fingerprint density at radius 1 is 1.18 bits per heavy atom. The molecule has 118 valence electrons. The summed E-state index contributed by atoms with van der Waals surface area (Å²) in [6.07, 6.45) is 3.43. The summed E-state index contributed by atoms with van der Waals surface area (Å²) in [5, 5.41) is 13.2. The van der Waals surface area contributed by atoms with Crippen LogP contribution in [0.15, 0.2) is 18.2 Å². The van der Waals surface area contributed by atoms with E-state index in [0.29, 0.717) is 22.9 Å². The van der Waals surface area contributed by atoms with Crippen molar-refractivity contribution in [3.05, 3.63) is 33.8 Å². The Labute approximate surface area is 138 Å². The van der Waals surface area contributed by atoms with Crippen LogP contribution in [-0.2, 0) is 9.59 Å². The van der Waals surface area contributed by atoms with Gasteiger partial charge in [0.25, 0.3) is 0 Å². The Balaban J connectivity index is 1.67. The Morgan fingerprint density at radius 2 is 1.86 bits per heavy atom. The zero-order chi connectivity index (χ0) is 15.9. The van der Waals surface area contributed by atoms with Crippen LogP contribution in [0.5, 0.6) is 0 Å². The van der Waals surface area contributed by atoms with Gasteiger partial charge in [0.05, 0.1) is 10.0 Å². The summed E-state index contributed by atoms with van der Waals surface area (Å²) in [6.45, 7) is 0. The first-order valence-corrected chi connectivity index (χ1v) is 8.19. The van der Waals surface area contributed by atoms with Gasteiger partial charge in [-0.3, -0.25) is 4.79 Å². The number of aliphatic carboxylic acids is 1. The monoisotopic (exact) mass is 341 g/mol. The van der Waals surface area contributed by atoms with Crippen molar-refractivity contribution >= 4 is 35.1 Å². The van der Waals surface area contributed by atoms with E-state index >= 15 is 0 Å². The summed E-state index contributed by atoms with van der Waals surface area (Å²) in [4.78, 5) is 23.9. The van der Waals surface area contributed by atoms with Gasteiger partial charge in [-0.15, -0.1) is 0 Å². The van der Waals surface area contributed by atoms with Crippen LogP contribution in [0.2, 0.25) is 10.0 Å². The van der Waals surface area contributed by atoms with E-state index in [-0.39, 0.29) is 17.7 Å². The van der Waals surface area contributed by atoms with Crippen LogP contribution in [0.3, 0.4) is 0 Å². The molecule has 4 nitrogen and oxygen atoms in total. The molecule has 0 radical (unpaired) electrons. The van der Waals surface area contributed by atoms with E-state index in [0.717, 1.165) is 24.8 Å². The summed E-state index contributed by atoms with van der Waals surface area (Å²) < 4.78 is 0. The third-order valence-electron chi connectivity index (χ3n) is 4.73. The highest BCUT2D eigenvalue weighted by atomic mass is 35.5. The molecule has 0 spiro atoms. The fraction of sp³-hybridized carbons (Fsp3) is 0.500. The molecule has 1 amide bonds. The molecular weight excluding hydrogens is 325 g/mol. The normalized spacial score (nSPS) is 25.7. The van der Waals surface area contributed by atoms with Crippen molar-refractivity contribution in [2.75, 3.05) is 0 Å². The summed E-state index contributed by atoms with van der Waals surface area (Å²) >= 11 is 11.9. The third-order valence-corrected chi connectivity index (χ3v) is 5.47. The molecule has 2 aliphatic carbocycles. The minimum Gasteiger partial charge on any atom is -0.480 e. The molecule has 2 atom stereocenters. The molecule has 0 aromatic heterocycles. The van der Waals surface area contributed by atoms with E-state index in [1.165, 1.54) is 0 Å². The number of carbonyl (C=O) groups excluding carboxylic acids is 1. The van der Waals surface area contributed by atoms with Crippen LogP contribution < -0.4 is 5.32 Å². The van der Waals surface area contributed by atoms with Crippen LogP contribution >= 0.6 is 23.2 Å². The van der Waals surface area contributed by atoms with Gasteiger partial charge >= 0.3 is 5.97 Å². The summed E-state index contributed by atoms with van der Waals surface area (Å²) in [5.74, 6) is -1.17. The van der Waals surface area contributed by atoms with Crippen LogP contribution in [0.25, 0.3) is 0 Å². The Bertz CT molecular complexity index is 626. The molecule has 3 rings (SSSR count). The maximum atomic E-state index is 12.4. The van der Waals surface area contributed by atoms with E-state index < -0.39 is 11.5 Å². The maximum absolute atomic E-state index is 12.4. The van der Waals surface area contributed by atoms with Crippen molar-refractivity contribution in [2.45, 2.75) is 43.6 Å². The standard InChI is InChI=1S/C16H17Cl2NO3/c17-12-4-3-9(7-13(12)18)10-8-11(10)14(20)19-16(15(21)22)5-1-2-6-16/h3-4,7,10-11H,1-2,5-6,8H2,(H,19,20)(H,21,22). The van der Waals surface area contributed by atoms with E-state index in [9.17, 15) is 14.7 Å². The number of carboxylic acids is 1. The van der Waals surface area contributed by atoms with Gasteiger partial charge in [0.15, 0.2) is 0 Å². The third kappa shape index (κ3) is 2.82. The molecule has 0 saturated heterocycles. The van der Waals surface area contributed by atoms with Gasteiger partial charge in [-0.2, -0.15) is 0 Å². The number of halogens is 2. The molecule has 0 heterocycles. The average molecular weight is 342 g/mol. The first-order valence-electron chi connectivity index (χ1n) is 7.43. The number of amides is 1. The van der Waals surface area contributed by atoms with Crippen molar-refractivity contribution in [3.8, 4) is 0 Å². The number of carboxylic acid groups (broad SMARTS) is 1. The SMILES string of the molecule is O=C(NC1(C(=O)O)CCCC1)C1CC1c1ccc(Cl)c(Cl)c1. The van der Waals surface area contributed by atoms with Crippen LogP contribution in [0, 0.1) is 5.92 Å². The van der Waals surface area contributed by atoms with Gasteiger partial charge < -0.3 is 10.4 Å². The zero-order valence-electron chi connectivity index (χ0n) is 11.9. The largest absolute Gasteiger partial charge is 0.480 e. The van der Waals surface area contributed by atoms with E-state index in [4.69, 9.17) is 23.2 Å². The van der Waals surface area contributed by atoms with Gasteiger partial charge in [0.1, 0.15) is 5.54 Å². The molecule has 6 heteroatoms. The van der Waals surface area contributed by atoms with Gasteiger partial charge in [-0.05, 0) is 42.9 Å². The molecule has 1 aromatic rings. The summed E-state index contributed by atoms with van der Waals surface area (Å²) in [6, 6.07) is 5.38. The minimum atomic E-state index is -1.07. The highest BCUT2D eigenvalue weighted by Gasteiger charge is 2.49. The lowest BCUT2D eigenvalue weighted by atomic mass is 9.97. The van der Waals surface area contributed by atoms with Crippen molar-refractivity contribution in [3.63, 3.8) is 0 Å². The lowest BCUT2D eigenvalue weighted by Gasteiger charge is -2.25. The molecule has 2 saturated carbocycles. The molecule has 2 fully saturated rings. The highest BCUT2D eigenvalue weighted by molar-refractivity contribution is 6.42. The fourth-order valence-corrected chi connectivity index (χ4v) is 3.60. The first-order chi connectivity index (χ1) is 10.4. The quantitative estimate of drug-likeness (QED) is 0.878. The van der Waals surface area contributed by atoms with Gasteiger partial charge in [-0.1, -0.05) is 42.1 Å². The second-order valence-electron chi connectivity index (χ2n) is 6.21. The Kier molecular flexibility index (Phi) is 4.08. The molecule has 2 unspecified atom stereocenters. The van der Waals surface area contributed by atoms with Crippen LogP contribution in [0.1, 0.15) is 43.6 Å². The molecule has 1 aromatic carbocycles. The van der Waals surface area contributed by atoms with Crippen molar-refractivity contribution in [2.24, 2.45) is 5.92 Å². The molecule has 22 heavy (non-hydrogen) atoms. The van der Waals surface area contributed by atoms with E-state index in [1.54, 1.807) is 12.1 Å². The number of nitrogens with one attached hydrogen (secondary N) is 1. The molecule has 0 bridgehead atoms. The number of benzene rings is 1. The molecule has 0 aliphatic heterocycles. The van der Waals surface area contributed by atoms with Gasteiger partial charge in [0.2, 0.25) is 5.91 Å². The van der Waals surface area contributed by atoms with E-state index in [1.807, 2.05) is 6.07 Å². The molecular formula is C16H17Cl2NO3. The lowest BCUT2D eigenvalue weighted by Crippen LogP contribution is -2.53. The molecule has 2 N–H and O–H groups in total. The maximum Gasteiger partial charge on any atom is 0.329 e. The summed E-state index contributed by atoms with van der Waals surface area (Å²) in [5.41, 5.74) is -0.0904. The Hall–Kier alpha value is -1.26. The van der Waals surface area contributed by atoms with Crippen molar-refractivity contribution < 1.29 is 14.7 Å². The first kappa shape index (κ1) is 15.6. The second kappa shape index (κ2) is 5.74. The van der Waals surface area contributed by atoms with Gasteiger partial charge in [-0.25, -0.2) is 4.79 Å². The predicted molar refractivity (Wildman–Crippen MR) is 84.3 cm³/mol. The van der Waals surface area contributed by atoms with Crippen LogP contribution in [-0.4, -0.2) is 22.5 Å². The number of hydrogen-bond donors (Lipinski definition) is 2. The molecule has 2 aliphatic rings. The second-order valence-corrected chi connectivity index (χ2v) is 7.02. The lowest BCUT2D eigenvalue weighted by molar-refractivity contribution is -0.147. The zero-order valence-corrected chi connectivity index (χ0v) is 13.5. The van der Waals surface area contributed by atoms with Gasteiger partial charge in [0, 0.05) is 5.92 Å². The Morgan fingerprint density at radius 3 is 2.45 bits per heavy atom. The average Bonchev–Trinajstić information content (AvgIpc) is 3.14. The topological polar surface area (TPSA) is 66.4 Å². The van der Waals surface area contributed by atoms with Crippen molar-refractivity contribution in [1.29, 1.82) is 0 Å². The highest BCUT2D eigenvalue weighted by Crippen LogP contribution is 2.49. The van der Waals surface area contributed by atoms with E-state index in [2.05, 4.69) is 5.32 Å². The smallest absolute Gasteiger partial charge is 0.329 e. The number of hydrogen-bond acceptors (Lipinski definition) is 2. The predicted octanol–water partition coefficient (Wildman–Crippen LogP) is 3.61. The number of carbonyl (C=O) groups is 2. The minimum absolute atomic E-state index is 0.0991. The van der Waals surface area contributed by atoms with Crippen molar-refractivity contribution in [1.82, 2.24) is 5.32 Å². The number of rotatable bonds is 4. The summed E-state index contributed by atoms with van der Waals surface area (Å²) in [7, 11) is 0. The fourth-order valence-electron chi connectivity index (χ4n) is 3.30.